The molecule has 2 amide bonds. The van der Waals surface area contributed by atoms with E-state index in [1.165, 1.54) is 0 Å². The molecular formula is C24H21ClN2O2. The zero-order valence-corrected chi connectivity index (χ0v) is 17.0. The van der Waals surface area contributed by atoms with Gasteiger partial charge in [0.2, 0.25) is 0 Å². The number of carbonyl (C=O) groups excluding carboxylic acids is 2. The summed E-state index contributed by atoms with van der Waals surface area (Å²) < 4.78 is 0. The van der Waals surface area contributed by atoms with E-state index in [0.717, 1.165) is 11.1 Å². The number of rotatable bonds is 5. The number of anilines is 2. The van der Waals surface area contributed by atoms with Crippen molar-refractivity contribution in [3.05, 3.63) is 95.0 Å². The smallest absolute Gasteiger partial charge is 0.255 e. The van der Waals surface area contributed by atoms with Crippen LogP contribution in [-0.4, -0.2) is 11.8 Å². The Kier molecular flexibility index (Phi) is 6.47. The summed E-state index contributed by atoms with van der Waals surface area (Å²) in [7, 11) is 0. The molecule has 3 aromatic rings. The van der Waals surface area contributed by atoms with E-state index >= 15 is 0 Å². The van der Waals surface area contributed by atoms with Gasteiger partial charge in [-0.1, -0.05) is 54.1 Å². The minimum atomic E-state index is -0.226. The lowest BCUT2D eigenvalue weighted by molar-refractivity contribution is -0.112. The average Bonchev–Trinajstić information content (AvgIpc) is 2.74. The molecule has 5 heteroatoms. The van der Waals surface area contributed by atoms with Gasteiger partial charge < -0.3 is 10.6 Å². The van der Waals surface area contributed by atoms with E-state index in [0.29, 0.717) is 27.5 Å². The van der Waals surface area contributed by atoms with Crippen molar-refractivity contribution in [3.8, 4) is 11.1 Å². The van der Waals surface area contributed by atoms with E-state index in [1.54, 1.807) is 26.0 Å². The molecule has 0 radical (unpaired) electrons. The fraction of sp³-hybridized carbons (Fsp3) is 0.0833. The van der Waals surface area contributed by atoms with Gasteiger partial charge in [0.25, 0.3) is 11.8 Å². The first kappa shape index (κ1) is 20.4. The van der Waals surface area contributed by atoms with Crippen LogP contribution in [0.5, 0.6) is 0 Å². The summed E-state index contributed by atoms with van der Waals surface area (Å²) in [6.45, 7) is 3.37. The SMILES string of the molecule is C/C(Cl)=C(\C)C(=O)Nc1ccc(-c2cccc(NC(=O)c3ccccc3)c2)cc1. The number of hydrogen-bond donors (Lipinski definition) is 2. The molecule has 0 aromatic heterocycles. The van der Waals surface area contributed by atoms with Gasteiger partial charge >= 0.3 is 0 Å². The monoisotopic (exact) mass is 404 g/mol. The summed E-state index contributed by atoms with van der Waals surface area (Å²) in [6.07, 6.45) is 0. The minimum absolute atomic E-state index is 0.154. The van der Waals surface area contributed by atoms with Crippen molar-refractivity contribution in [3.63, 3.8) is 0 Å². The van der Waals surface area contributed by atoms with Gasteiger partial charge in [0.05, 0.1) is 0 Å². The summed E-state index contributed by atoms with van der Waals surface area (Å²) in [5.74, 6) is -0.380. The normalized spacial score (nSPS) is 11.4. The predicted octanol–water partition coefficient (Wildman–Crippen LogP) is 6.08. The molecule has 0 aliphatic carbocycles. The molecule has 0 atom stereocenters. The quantitative estimate of drug-likeness (QED) is 0.506. The molecule has 0 aliphatic rings. The fourth-order valence-electron chi connectivity index (χ4n) is 2.70. The lowest BCUT2D eigenvalue weighted by Crippen LogP contribution is -2.13. The molecule has 29 heavy (non-hydrogen) atoms. The molecule has 0 fully saturated rings. The molecule has 0 saturated heterocycles. The molecule has 0 unspecified atom stereocenters. The van der Waals surface area contributed by atoms with Crippen LogP contribution in [0.15, 0.2) is 89.5 Å². The largest absolute Gasteiger partial charge is 0.322 e. The Morgan fingerprint density at radius 1 is 0.724 bits per heavy atom. The van der Waals surface area contributed by atoms with Gasteiger partial charge in [-0.3, -0.25) is 9.59 Å². The first-order valence-corrected chi connectivity index (χ1v) is 9.53. The maximum Gasteiger partial charge on any atom is 0.255 e. The fourth-order valence-corrected chi connectivity index (χ4v) is 2.78. The highest BCUT2D eigenvalue weighted by atomic mass is 35.5. The van der Waals surface area contributed by atoms with Crippen LogP contribution in [0.3, 0.4) is 0 Å². The molecule has 0 heterocycles. The van der Waals surface area contributed by atoms with E-state index in [2.05, 4.69) is 10.6 Å². The molecule has 0 saturated carbocycles. The van der Waals surface area contributed by atoms with E-state index in [-0.39, 0.29) is 11.8 Å². The highest BCUT2D eigenvalue weighted by molar-refractivity contribution is 6.32. The van der Waals surface area contributed by atoms with Crippen molar-refractivity contribution < 1.29 is 9.59 Å². The zero-order chi connectivity index (χ0) is 20.8. The Morgan fingerprint density at radius 2 is 1.41 bits per heavy atom. The molecule has 4 nitrogen and oxygen atoms in total. The molecule has 2 N–H and O–H groups in total. The summed E-state index contributed by atoms with van der Waals surface area (Å²) in [4.78, 5) is 24.4. The van der Waals surface area contributed by atoms with Crippen molar-refractivity contribution >= 4 is 34.8 Å². The molecule has 0 aliphatic heterocycles. The van der Waals surface area contributed by atoms with Gasteiger partial charge in [-0.2, -0.15) is 0 Å². The van der Waals surface area contributed by atoms with Gasteiger partial charge in [0.15, 0.2) is 0 Å². The van der Waals surface area contributed by atoms with E-state index < -0.39 is 0 Å². The zero-order valence-electron chi connectivity index (χ0n) is 16.2. The van der Waals surface area contributed by atoms with Gasteiger partial charge in [-0.25, -0.2) is 0 Å². The minimum Gasteiger partial charge on any atom is -0.322 e. The Bertz CT molecular complexity index is 1050. The molecule has 3 aromatic carbocycles. The lowest BCUT2D eigenvalue weighted by Gasteiger charge is -2.10. The Labute approximate surface area is 175 Å². The maximum atomic E-state index is 12.3. The molecule has 146 valence electrons. The van der Waals surface area contributed by atoms with Crippen molar-refractivity contribution in [2.45, 2.75) is 13.8 Å². The van der Waals surface area contributed by atoms with Crippen LogP contribution in [0.2, 0.25) is 0 Å². The second kappa shape index (κ2) is 9.22. The standard InChI is InChI=1S/C24H21ClN2O2/c1-16(17(2)25)23(28)26-21-13-11-18(12-14-21)20-9-6-10-22(15-20)27-24(29)19-7-4-3-5-8-19/h3-15H,1-2H3,(H,26,28)(H,27,29)/b17-16-. The Morgan fingerprint density at radius 3 is 2.07 bits per heavy atom. The Hall–Kier alpha value is -3.37. The number of amides is 2. The first-order chi connectivity index (χ1) is 13.9. The lowest BCUT2D eigenvalue weighted by atomic mass is 10.0. The van der Waals surface area contributed by atoms with Crippen LogP contribution in [-0.2, 0) is 4.79 Å². The number of nitrogens with one attached hydrogen (secondary N) is 2. The van der Waals surface area contributed by atoms with Gasteiger partial charge in [0, 0.05) is 27.5 Å². The summed E-state index contributed by atoms with van der Waals surface area (Å²) in [6, 6.07) is 24.2. The molecular weight excluding hydrogens is 384 g/mol. The van der Waals surface area contributed by atoms with Crippen molar-refractivity contribution in [1.29, 1.82) is 0 Å². The number of halogens is 1. The van der Waals surface area contributed by atoms with Crippen LogP contribution in [0.1, 0.15) is 24.2 Å². The summed E-state index contributed by atoms with van der Waals surface area (Å²) >= 11 is 5.87. The van der Waals surface area contributed by atoms with Crippen molar-refractivity contribution in [2.75, 3.05) is 10.6 Å². The molecule has 0 spiro atoms. The van der Waals surface area contributed by atoms with Crippen LogP contribution in [0.25, 0.3) is 11.1 Å². The van der Waals surface area contributed by atoms with Crippen LogP contribution < -0.4 is 10.6 Å². The molecule has 0 bridgehead atoms. The first-order valence-electron chi connectivity index (χ1n) is 9.15. The van der Waals surface area contributed by atoms with Crippen molar-refractivity contribution in [2.24, 2.45) is 0 Å². The Balaban J connectivity index is 1.73. The van der Waals surface area contributed by atoms with Crippen molar-refractivity contribution in [1.82, 2.24) is 0 Å². The number of hydrogen-bond acceptors (Lipinski definition) is 2. The van der Waals surface area contributed by atoms with Crippen LogP contribution in [0, 0.1) is 0 Å². The van der Waals surface area contributed by atoms with Gasteiger partial charge in [-0.15, -0.1) is 0 Å². The summed E-state index contributed by atoms with van der Waals surface area (Å²) in [5, 5.41) is 6.20. The van der Waals surface area contributed by atoms with E-state index in [9.17, 15) is 9.59 Å². The highest BCUT2D eigenvalue weighted by Crippen LogP contribution is 2.25. The second-order valence-electron chi connectivity index (χ2n) is 6.59. The van der Waals surface area contributed by atoms with E-state index in [1.807, 2.05) is 66.7 Å². The maximum absolute atomic E-state index is 12.3. The number of allylic oxidation sites excluding steroid dienone is 1. The predicted molar refractivity (Wildman–Crippen MR) is 119 cm³/mol. The van der Waals surface area contributed by atoms with Gasteiger partial charge in [0.1, 0.15) is 0 Å². The van der Waals surface area contributed by atoms with Crippen LogP contribution in [0.4, 0.5) is 11.4 Å². The topological polar surface area (TPSA) is 58.2 Å². The highest BCUT2D eigenvalue weighted by Gasteiger charge is 2.09. The number of benzene rings is 3. The third-order valence-corrected chi connectivity index (χ3v) is 4.77. The third-order valence-electron chi connectivity index (χ3n) is 4.49. The van der Waals surface area contributed by atoms with E-state index in [4.69, 9.17) is 11.6 Å². The van der Waals surface area contributed by atoms with Crippen LogP contribution >= 0.6 is 11.6 Å². The third kappa shape index (κ3) is 5.33. The summed E-state index contributed by atoms with van der Waals surface area (Å²) in [5.41, 5.74) is 4.42. The molecule has 3 rings (SSSR count). The second-order valence-corrected chi connectivity index (χ2v) is 7.16. The average molecular weight is 405 g/mol. The number of carbonyl (C=O) groups is 2. The van der Waals surface area contributed by atoms with Gasteiger partial charge in [-0.05, 0) is 61.4 Å².